The Morgan fingerprint density at radius 3 is 2.08 bits per heavy atom. The van der Waals surface area contributed by atoms with E-state index in [0.717, 1.165) is 38.9 Å². The number of nitrogens with zero attached hydrogens (tertiary/aromatic N) is 2. The van der Waals surface area contributed by atoms with Gasteiger partial charge in [-0.3, -0.25) is 9.69 Å². The number of hydrogen-bond donors (Lipinski definition) is 1. The van der Waals surface area contributed by atoms with E-state index in [-0.39, 0.29) is 18.0 Å². The smallest absolute Gasteiger partial charge is 0.237 e. The van der Waals surface area contributed by atoms with Gasteiger partial charge in [0.05, 0.1) is 23.3 Å². The largest absolute Gasteiger partial charge is 0.353 e. The minimum atomic E-state index is -0.398. The van der Waals surface area contributed by atoms with Crippen molar-refractivity contribution in [3.05, 3.63) is 138 Å². The van der Waals surface area contributed by atoms with Gasteiger partial charge in [-0.15, -0.1) is 0 Å². The van der Waals surface area contributed by atoms with E-state index in [1.165, 1.54) is 5.56 Å². The lowest BCUT2D eigenvalue weighted by Crippen LogP contribution is -2.48. The first-order valence-electron chi connectivity index (χ1n) is 14.0. The molecule has 2 unspecified atom stereocenters. The SMILES string of the molecule is Cc1ccc2nc(-c3ccccc3)c(C(c3ccccc3)N(Cc3ccccc3)C(C)C(=O)NC(C)C)cc2c1. The molecule has 2 atom stereocenters. The van der Waals surface area contributed by atoms with E-state index >= 15 is 0 Å². The predicted octanol–water partition coefficient (Wildman–Crippen LogP) is 7.71. The average Bonchev–Trinajstić information content (AvgIpc) is 2.97. The van der Waals surface area contributed by atoms with Gasteiger partial charge in [0.25, 0.3) is 0 Å². The Bertz CT molecular complexity index is 1570. The van der Waals surface area contributed by atoms with Crippen molar-refractivity contribution in [3.8, 4) is 11.3 Å². The van der Waals surface area contributed by atoms with E-state index in [0.29, 0.717) is 6.54 Å². The highest BCUT2D eigenvalue weighted by Gasteiger charge is 2.33. The lowest BCUT2D eigenvalue weighted by Gasteiger charge is -2.37. The third-order valence-electron chi connectivity index (χ3n) is 7.30. The molecule has 40 heavy (non-hydrogen) atoms. The Morgan fingerprint density at radius 1 is 0.800 bits per heavy atom. The summed E-state index contributed by atoms with van der Waals surface area (Å²) in [7, 11) is 0. The topological polar surface area (TPSA) is 45.2 Å². The summed E-state index contributed by atoms with van der Waals surface area (Å²) in [4.78, 5) is 21.2. The van der Waals surface area contributed by atoms with Crippen molar-refractivity contribution in [2.24, 2.45) is 0 Å². The van der Waals surface area contributed by atoms with E-state index in [9.17, 15) is 4.79 Å². The summed E-state index contributed by atoms with van der Waals surface area (Å²) in [6, 6.07) is 39.4. The number of pyridine rings is 1. The molecule has 0 saturated carbocycles. The lowest BCUT2D eigenvalue weighted by molar-refractivity contribution is -0.127. The molecular formula is C36H37N3O. The second-order valence-electron chi connectivity index (χ2n) is 10.8. The Morgan fingerprint density at radius 2 is 1.43 bits per heavy atom. The molecule has 5 aromatic rings. The summed E-state index contributed by atoms with van der Waals surface area (Å²) in [6.45, 7) is 8.73. The highest BCUT2D eigenvalue weighted by molar-refractivity contribution is 5.85. The molecule has 4 nitrogen and oxygen atoms in total. The van der Waals surface area contributed by atoms with Crippen LogP contribution in [0.2, 0.25) is 0 Å². The third kappa shape index (κ3) is 6.13. The van der Waals surface area contributed by atoms with Crippen molar-refractivity contribution in [1.82, 2.24) is 15.2 Å². The molecule has 4 aromatic carbocycles. The van der Waals surface area contributed by atoms with Gasteiger partial charge in [-0.2, -0.15) is 0 Å². The molecule has 1 N–H and O–H groups in total. The molecule has 0 bridgehead atoms. The minimum Gasteiger partial charge on any atom is -0.353 e. The van der Waals surface area contributed by atoms with Gasteiger partial charge in [-0.1, -0.05) is 103 Å². The van der Waals surface area contributed by atoms with Gasteiger partial charge in [0, 0.05) is 29.1 Å². The van der Waals surface area contributed by atoms with Crippen LogP contribution in [0.25, 0.3) is 22.2 Å². The third-order valence-corrected chi connectivity index (χ3v) is 7.30. The molecule has 0 radical (unpaired) electrons. The van der Waals surface area contributed by atoms with Gasteiger partial charge in [-0.05, 0) is 57.0 Å². The van der Waals surface area contributed by atoms with Crippen LogP contribution in [0.3, 0.4) is 0 Å². The van der Waals surface area contributed by atoms with Gasteiger partial charge in [0.2, 0.25) is 5.91 Å². The molecule has 0 fully saturated rings. The van der Waals surface area contributed by atoms with Gasteiger partial charge >= 0.3 is 0 Å². The highest BCUT2D eigenvalue weighted by atomic mass is 16.2. The molecule has 0 aliphatic carbocycles. The normalized spacial score (nSPS) is 12.9. The van der Waals surface area contributed by atoms with Gasteiger partial charge in [0.15, 0.2) is 0 Å². The predicted molar refractivity (Wildman–Crippen MR) is 165 cm³/mol. The van der Waals surface area contributed by atoms with Crippen molar-refractivity contribution in [3.63, 3.8) is 0 Å². The molecule has 0 aliphatic heterocycles. The number of amides is 1. The zero-order valence-corrected chi connectivity index (χ0v) is 23.7. The van der Waals surface area contributed by atoms with Crippen LogP contribution in [0, 0.1) is 6.92 Å². The van der Waals surface area contributed by atoms with Gasteiger partial charge < -0.3 is 5.32 Å². The highest BCUT2D eigenvalue weighted by Crippen LogP contribution is 2.39. The van der Waals surface area contributed by atoms with E-state index in [4.69, 9.17) is 4.98 Å². The molecule has 5 rings (SSSR count). The van der Waals surface area contributed by atoms with E-state index in [1.54, 1.807) is 0 Å². The molecule has 1 aromatic heterocycles. The summed E-state index contributed by atoms with van der Waals surface area (Å²) < 4.78 is 0. The number of fused-ring (bicyclic) bond motifs is 1. The number of hydrogen-bond acceptors (Lipinski definition) is 3. The fourth-order valence-electron chi connectivity index (χ4n) is 5.33. The van der Waals surface area contributed by atoms with Crippen LogP contribution in [0.1, 0.15) is 49.1 Å². The quantitative estimate of drug-likeness (QED) is 0.213. The number of aryl methyl sites for hydroxylation is 1. The maximum atomic E-state index is 13.6. The molecule has 4 heteroatoms. The maximum absolute atomic E-state index is 13.6. The van der Waals surface area contributed by atoms with Crippen molar-refractivity contribution in [2.45, 2.75) is 52.4 Å². The molecule has 1 amide bonds. The minimum absolute atomic E-state index is 0.0118. The van der Waals surface area contributed by atoms with Crippen LogP contribution in [-0.2, 0) is 11.3 Å². The van der Waals surface area contributed by atoms with Crippen LogP contribution in [0.5, 0.6) is 0 Å². The summed E-state index contributed by atoms with van der Waals surface area (Å²) in [6.07, 6.45) is 0. The van der Waals surface area contributed by atoms with Gasteiger partial charge in [-0.25, -0.2) is 4.98 Å². The van der Waals surface area contributed by atoms with Crippen LogP contribution in [-0.4, -0.2) is 27.9 Å². The first-order chi connectivity index (χ1) is 19.4. The number of benzene rings is 4. The van der Waals surface area contributed by atoms with E-state index < -0.39 is 6.04 Å². The zero-order valence-electron chi connectivity index (χ0n) is 23.7. The molecule has 1 heterocycles. The number of rotatable bonds is 9. The fourth-order valence-corrected chi connectivity index (χ4v) is 5.33. The molecule has 0 aliphatic rings. The monoisotopic (exact) mass is 527 g/mol. The van der Waals surface area contributed by atoms with Crippen molar-refractivity contribution >= 4 is 16.8 Å². The second-order valence-corrected chi connectivity index (χ2v) is 10.8. The van der Waals surface area contributed by atoms with Crippen molar-refractivity contribution < 1.29 is 4.79 Å². The number of aromatic nitrogens is 1. The first kappa shape index (κ1) is 27.3. The average molecular weight is 528 g/mol. The van der Waals surface area contributed by atoms with Crippen LogP contribution < -0.4 is 5.32 Å². The van der Waals surface area contributed by atoms with Crippen molar-refractivity contribution in [2.75, 3.05) is 0 Å². The Labute approximate surface area is 237 Å². The summed E-state index contributed by atoms with van der Waals surface area (Å²) in [5.41, 5.74) is 7.48. The van der Waals surface area contributed by atoms with Crippen LogP contribution in [0.4, 0.5) is 0 Å². The standard InChI is InChI=1S/C36H37N3O/c1-25(2)37-36(40)27(4)39(24-28-14-8-5-9-15-28)35(30-18-12-7-13-19-30)32-23-31-22-26(3)20-21-33(31)38-34(32)29-16-10-6-11-17-29/h5-23,25,27,35H,24H2,1-4H3,(H,37,40). The molecule has 0 spiro atoms. The van der Waals surface area contributed by atoms with E-state index in [1.807, 2.05) is 39.0 Å². The van der Waals surface area contributed by atoms with Crippen LogP contribution in [0.15, 0.2) is 115 Å². The van der Waals surface area contributed by atoms with Gasteiger partial charge in [0.1, 0.15) is 0 Å². The summed E-state index contributed by atoms with van der Waals surface area (Å²) >= 11 is 0. The number of nitrogens with one attached hydrogen (secondary N) is 1. The Balaban J connectivity index is 1.77. The fraction of sp³-hybridized carbons (Fsp3) is 0.222. The summed E-state index contributed by atoms with van der Waals surface area (Å²) in [5.74, 6) is 0.0118. The van der Waals surface area contributed by atoms with Crippen molar-refractivity contribution in [1.29, 1.82) is 0 Å². The first-order valence-corrected chi connectivity index (χ1v) is 14.0. The maximum Gasteiger partial charge on any atom is 0.237 e. The second kappa shape index (κ2) is 12.3. The number of carbonyl (C=O) groups is 1. The molecular weight excluding hydrogens is 490 g/mol. The van der Waals surface area contributed by atoms with E-state index in [2.05, 4.69) is 114 Å². The Kier molecular flexibility index (Phi) is 8.37. The zero-order chi connectivity index (χ0) is 28.1. The van der Waals surface area contributed by atoms with Crippen LogP contribution >= 0.6 is 0 Å². The lowest BCUT2D eigenvalue weighted by atomic mass is 9.90. The number of carbonyl (C=O) groups excluding carboxylic acids is 1. The Hall–Kier alpha value is -4.28. The summed E-state index contributed by atoms with van der Waals surface area (Å²) in [5, 5.41) is 4.25. The molecule has 202 valence electrons. The molecule has 0 saturated heterocycles.